The van der Waals surface area contributed by atoms with Gasteiger partial charge in [-0.05, 0) is 31.6 Å². The lowest BCUT2D eigenvalue weighted by Crippen LogP contribution is -2.20. The van der Waals surface area contributed by atoms with Crippen molar-refractivity contribution in [1.82, 2.24) is 4.90 Å². The number of hydrogen-bond acceptors (Lipinski definition) is 3. The molecule has 0 heterocycles. The summed E-state index contributed by atoms with van der Waals surface area (Å²) in [5.41, 5.74) is 2.33. The monoisotopic (exact) mass is 246 g/mol. The third-order valence-electron chi connectivity index (χ3n) is 3.19. The van der Waals surface area contributed by atoms with Crippen molar-refractivity contribution >= 4 is 0 Å². The highest BCUT2D eigenvalue weighted by atomic mass is 16.5. The molecule has 0 spiro atoms. The Morgan fingerprint density at radius 2 is 2.00 bits per heavy atom. The summed E-state index contributed by atoms with van der Waals surface area (Å²) in [6.07, 6.45) is 0.463. The van der Waals surface area contributed by atoms with Crippen LogP contribution in [0.2, 0.25) is 0 Å². The van der Waals surface area contributed by atoms with Crippen molar-refractivity contribution in [2.24, 2.45) is 0 Å². The zero-order valence-corrected chi connectivity index (χ0v) is 11.9. The number of nitriles is 1. The molecule has 1 atom stereocenters. The summed E-state index contributed by atoms with van der Waals surface area (Å²) in [5, 5.41) is 8.94. The molecule has 0 aliphatic rings. The van der Waals surface area contributed by atoms with Gasteiger partial charge in [-0.1, -0.05) is 26.0 Å². The molecular weight excluding hydrogens is 224 g/mol. The summed E-state index contributed by atoms with van der Waals surface area (Å²) in [5.74, 6) is 1.34. The Hall–Kier alpha value is -1.53. The van der Waals surface area contributed by atoms with Crippen molar-refractivity contribution in [2.75, 3.05) is 21.2 Å². The van der Waals surface area contributed by atoms with Gasteiger partial charge in [-0.15, -0.1) is 0 Å². The van der Waals surface area contributed by atoms with E-state index in [1.54, 1.807) is 7.11 Å². The lowest BCUT2D eigenvalue weighted by molar-refractivity contribution is 0.292. The Balaban J connectivity index is 3.18. The minimum atomic E-state index is 0.0752. The second-order valence-electron chi connectivity index (χ2n) is 5.00. The van der Waals surface area contributed by atoms with Gasteiger partial charge < -0.3 is 9.64 Å². The zero-order chi connectivity index (χ0) is 13.7. The molecule has 0 saturated carbocycles. The van der Waals surface area contributed by atoms with E-state index >= 15 is 0 Å². The number of ether oxygens (including phenoxy) is 1. The highest BCUT2D eigenvalue weighted by Gasteiger charge is 2.18. The fourth-order valence-corrected chi connectivity index (χ4v) is 2.02. The van der Waals surface area contributed by atoms with Gasteiger partial charge in [0.05, 0.1) is 25.6 Å². The molecule has 1 rings (SSSR count). The normalized spacial score (nSPS) is 12.6. The van der Waals surface area contributed by atoms with Crippen LogP contribution in [0.4, 0.5) is 0 Å². The van der Waals surface area contributed by atoms with Crippen molar-refractivity contribution in [2.45, 2.75) is 32.2 Å². The number of benzene rings is 1. The molecule has 18 heavy (non-hydrogen) atoms. The van der Waals surface area contributed by atoms with Crippen LogP contribution in [0.15, 0.2) is 18.2 Å². The quantitative estimate of drug-likeness (QED) is 0.799. The molecule has 1 aromatic carbocycles. The molecule has 3 heteroatoms. The lowest BCUT2D eigenvalue weighted by Gasteiger charge is -2.24. The molecule has 0 fully saturated rings. The van der Waals surface area contributed by atoms with Crippen molar-refractivity contribution in [1.29, 1.82) is 5.26 Å². The molecular formula is C15H22N2O. The van der Waals surface area contributed by atoms with E-state index in [1.807, 2.05) is 14.1 Å². The average Bonchev–Trinajstić information content (AvgIpc) is 2.34. The minimum absolute atomic E-state index is 0.0752. The van der Waals surface area contributed by atoms with E-state index in [1.165, 1.54) is 5.56 Å². The van der Waals surface area contributed by atoms with Crippen LogP contribution in [-0.2, 0) is 0 Å². The topological polar surface area (TPSA) is 36.3 Å². The van der Waals surface area contributed by atoms with E-state index in [4.69, 9.17) is 10.00 Å². The van der Waals surface area contributed by atoms with Gasteiger partial charge >= 0.3 is 0 Å². The molecule has 0 aromatic heterocycles. The van der Waals surface area contributed by atoms with Crippen LogP contribution in [0, 0.1) is 11.3 Å². The van der Waals surface area contributed by atoms with Gasteiger partial charge in [0.1, 0.15) is 5.75 Å². The molecule has 0 aliphatic carbocycles. The van der Waals surface area contributed by atoms with E-state index < -0.39 is 0 Å². The van der Waals surface area contributed by atoms with Crippen LogP contribution < -0.4 is 4.74 Å². The predicted octanol–water partition coefficient (Wildman–Crippen LogP) is 3.33. The van der Waals surface area contributed by atoms with Crippen molar-refractivity contribution in [3.05, 3.63) is 29.3 Å². The first-order valence-electron chi connectivity index (χ1n) is 6.22. The molecule has 0 saturated heterocycles. The molecule has 1 unspecified atom stereocenters. The highest BCUT2D eigenvalue weighted by Crippen LogP contribution is 2.32. The third kappa shape index (κ3) is 3.24. The number of nitrogens with zero attached hydrogens (tertiary/aromatic N) is 2. The van der Waals surface area contributed by atoms with Gasteiger partial charge in [0.15, 0.2) is 0 Å². The number of hydrogen-bond donors (Lipinski definition) is 0. The molecule has 0 amide bonds. The molecule has 1 aromatic rings. The second kappa shape index (κ2) is 6.42. The van der Waals surface area contributed by atoms with Crippen LogP contribution >= 0.6 is 0 Å². The Morgan fingerprint density at radius 3 is 2.44 bits per heavy atom. The fraction of sp³-hybridized carbons (Fsp3) is 0.533. The minimum Gasteiger partial charge on any atom is -0.496 e. The maximum Gasteiger partial charge on any atom is 0.123 e. The average molecular weight is 246 g/mol. The van der Waals surface area contributed by atoms with Gasteiger partial charge in [-0.3, -0.25) is 0 Å². The molecule has 0 bridgehead atoms. The molecule has 0 radical (unpaired) electrons. The fourth-order valence-electron chi connectivity index (χ4n) is 2.02. The van der Waals surface area contributed by atoms with Gasteiger partial charge in [0, 0.05) is 5.56 Å². The van der Waals surface area contributed by atoms with E-state index in [2.05, 4.69) is 43.0 Å². The van der Waals surface area contributed by atoms with E-state index in [9.17, 15) is 0 Å². The summed E-state index contributed by atoms with van der Waals surface area (Å²) >= 11 is 0. The van der Waals surface area contributed by atoms with E-state index in [0.29, 0.717) is 12.3 Å². The first kappa shape index (κ1) is 14.5. The maximum atomic E-state index is 8.94. The molecule has 0 aliphatic heterocycles. The first-order valence-corrected chi connectivity index (χ1v) is 6.22. The van der Waals surface area contributed by atoms with Crippen molar-refractivity contribution < 1.29 is 4.74 Å². The lowest BCUT2D eigenvalue weighted by atomic mass is 9.96. The van der Waals surface area contributed by atoms with Gasteiger partial charge in [-0.25, -0.2) is 0 Å². The van der Waals surface area contributed by atoms with Crippen LogP contribution in [0.1, 0.15) is 43.4 Å². The predicted molar refractivity (Wildman–Crippen MR) is 73.7 cm³/mol. The summed E-state index contributed by atoms with van der Waals surface area (Å²) in [6.45, 7) is 4.32. The summed E-state index contributed by atoms with van der Waals surface area (Å²) < 4.78 is 5.48. The Kier molecular flexibility index (Phi) is 5.18. The smallest absolute Gasteiger partial charge is 0.123 e. The van der Waals surface area contributed by atoms with Crippen LogP contribution in [0.5, 0.6) is 5.75 Å². The van der Waals surface area contributed by atoms with Gasteiger partial charge in [0.2, 0.25) is 0 Å². The van der Waals surface area contributed by atoms with Crippen LogP contribution in [-0.4, -0.2) is 26.1 Å². The largest absolute Gasteiger partial charge is 0.496 e. The maximum absolute atomic E-state index is 8.94. The molecule has 3 nitrogen and oxygen atoms in total. The van der Waals surface area contributed by atoms with Gasteiger partial charge in [-0.2, -0.15) is 5.26 Å². The standard InChI is InChI=1S/C15H22N2O/c1-11(2)12-6-7-13(15(10-12)18-5)14(8-9-16)17(3)4/h6-7,10-11,14H,8H2,1-5H3. The first-order chi connectivity index (χ1) is 8.51. The zero-order valence-electron chi connectivity index (χ0n) is 11.9. The summed E-state index contributed by atoms with van der Waals surface area (Å²) in [6, 6.07) is 8.59. The van der Waals surface area contributed by atoms with E-state index in [-0.39, 0.29) is 6.04 Å². The SMILES string of the molecule is COc1cc(C(C)C)ccc1C(CC#N)N(C)C. The summed E-state index contributed by atoms with van der Waals surface area (Å²) in [4.78, 5) is 2.05. The Labute approximate surface area is 110 Å². The van der Waals surface area contributed by atoms with Crippen LogP contribution in [0.25, 0.3) is 0 Å². The Morgan fingerprint density at radius 1 is 1.33 bits per heavy atom. The Bertz CT molecular complexity index is 433. The highest BCUT2D eigenvalue weighted by molar-refractivity contribution is 5.41. The molecule has 98 valence electrons. The second-order valence-corrected chi connectivity index (χ2v) is 5.00. The van der Waals surface area contributed by atoms with Crippen molar-refractivity contribution in [3.8, 4) is 11.8 Å². The molecule has 0 N–H and O–H groups in total. The third-order valence-corrected chi connectivity index (χ3v) is 3.19. The summed E-state index contributed by atoms with van der Waals surface area (Å²) in [7, 11) is 5.65. The number of methoxy groups -OCH3 is 1. The number of rotatable bonds is 5. The van der Waals surface area contributed by atoms with Gasteiger partial charge in [0.25, 0.3) is 0 Å². The van der Waals surface area contributed by atoms with E-state index in [0.717, 1.165) is 11.3 Å². The van der Waals surface area contributed by atoms with Crippen LogP contribution in [0.3, 0.4) is 0 Å². The van der Waals surface area contributed by atoms with Crippen molar-refractivity contribution in [3.63, 3.8) is 0 Å².